The molecule has 2 aromatic carbocycles. The number of nitrogens with one attached hydrogen (secondary N) is 1. The van der Waals surface area contributed by atoms with E-state index in [0.29, 0.717) is 5.56 Å². The van der Waals surface area contributed by atoms with Gasteiger partial charge < -0.3 is 26.0 Å². The van der Waals surface area contributed by atoms with Crippen molar-refractivity contribution in [2.75, 3.05) is 6.54 Å². The molecule has 2 aromatic rings. The summed E-state index contributed by atoms with van der Waals surface area (Å²) >= 11 is 0. The number of ether oxygens (including phenoxy) is 1. The van der Waals surface area contributed by atoms with E-state index in [2.05, 4.69) is 5.32 Å². The Balaban J connectivity index is 1.75. The molecule has 0 aliphatic carbocycles. The second-order valence-corrected chi connectivity index (χ2v) is 5.78. The van der Waals surface area contributed by atoms with Gasteiger partial charge in [0.1, 0.15) is 12.7 Å². The Hall–Kier alpha value is -2.90. The molecule has 7 nitrogen and oxygen atoms in total. The molecular formula is C19H22N2O5. The lowest BCUT2D eigenvalue weighted by Crippen LogP contribution is -2.29. The molecule has 0 fully saturated rings. The van der Waals surface area contributed by atoms with Gasteiger partial charge >= 0.3 is 6.09 Å². The first kappa shape index (κ1) is 19.4. The van der Waals surface area contributed by atoms with Crippen molar-refractivity contribution in [2.45, 2.75) is 25.2 Å². The minimum atomic E-state index is -1.20. The van der Waals surface area contributed by atoms with Crippen molar-refractivity contribution in [1.82, 2.24) is 5.32 Å². The third-order valence-electron chi connectivity index (χ3n) is 3.80. The number of nitrogens with two attached hydrogens (primary N) is 1. The van der Waals surface area contributed by atoms with E-state index >= 15 is 0 Å². The Morgan fingerprint density at radius 2 is 1.81 bits per heavy atom. The highest BCUT2D eigenvalue weighted by atomic mass is 16.5. The smallest absolute Gasteiger partial charge is 0.407 e. The van der Waals surface area contributed by atoms with Crippen LogP contribution in [0.1, 0.15) is 34.0 Å². The number of alkyl carbamates (subject to hydrolysis) is 1. The van der Waals surface area contributed by atoms with Crippen molar-refractivity contribution in [3.63, 3.8) is 0 Å². The van der Waals surface area contributed by atoms with Crippen LogP contribution in [0, 0.1) is 0 Å². The predicted molar refractivity (Wildman–Crippen MR) is 95.2 cm³/mol. The van der Waals surface area contributed by atoms with E-state index < -0.39 is 24.2 Å². The van der Waals surface area contributed by atoms with Crippen LogP contribution in [0.3, 0.4) is 0 Å². The third-order valence-corrected chi connectivity index (χ3v) is 3.80. The fraction of sp³-hybridized carbons (Fsp3) is 0.263. The highest BCUT2D eigenvalue weighted by Crippen LogP contribution is 2.19. The van der Waals surface area contributed by atoms with E-state index in [0.717, 1.165) is 5.56 Å². The minimum Gasteiger partial charge on any atom is -0.445 e. The zero-order valence-corrected chi connectivity index (χ0v) is 14.2. The Morgan fingerprint density at radius 3 is 2.50 bits per heavy atom. The molecule has 2 unspecified atom stereocenters. The first-order chi connectivity index (χ1) is 12.5. The van der Waals surface area contributed by atoms with Crippen LogP contribution in [-0.2, 0) is 11.3 Å². The molecule has 0 saturated heterocycles. The van der Waals surface area contributed by atoms with Crippen molar-refractivity contribution < 1.29 is 24.5 Å². The van der Waals surface area contributed by atoms with Crippen molar-refractivity contribution in [3.8, 4) is 0 Å². The largest absolute Gasteiger partial charge is 0.445 e. The lowest BCUT2D eigenvalue weighted by molar-refractivity contribution is 0.0136. The van der Waals surface area contributed by atoms with Crippen LogP contribution in [0.4, 0.5) is 4.79 Å². The van der Waals surface area contributed by atoms with Crippen molar-refractivity contribution in [2.24, 2.45) is 5.73 Å². The molecule has 0 bridgehead atoms. The van der Waals surface area contributed by atoms with Crippen molar-refractivity contribution in [3.05, 3.63) is 71.3 Å². The fourth-order valence-electron chi connectivity index (χ4n) is 2.35. The third kappa shape index (κ3) is 5.87. The van der Waals surface area contributed by atoms with Crippen LogP contribution in [0.15, 0.2) is 54.6 Å². The molecule has 26 heavy (non-hydrogen) atoms. The van der Waals surface area contributed by atoms with Crippen LogP contribution in [-0.4, -0.2) is 34.9 Å². The molecule has 0 spiro atoms. The molecule has 5 N–H and O–H groups in total. The number of benzene rings is 2. The topological polar surface area (TPSA) is 122 Å². The van der Waals surface area contributed by atoms with Gasteiger partial charge in [-0.3, -0.25) is 4.79 Å². The maximum absolute atomic E-state index is 11.6. The average Bonchev–Trinajstić information content (AvgIpc) is 2.66. The second-order valence-electron chi connectivity index (χ2n) is 5.78. The number of hydrogen-bond acceptors (Lipinski definition) is 5. The first-order valence-electron chi connectivity index (χ1n) is 8.18. The molecule has 0 heterocycles. The summed E-state index contributed by atoms with van der Waals surface area (Å²) in [5.74, 6) is -0.614. The van der Waals surface area contributed by atoms with Gasteiger partial charge in [0, 0.05) is 12.1 Å². The van der Waals surface area contributed by atoms with E-state index in [-0.39, 0.29) is 25.1 Å². The van der Waals surface area contributed by atoms with E-state index in [4.69, 9.17) is 10.5 Å². The summed E-state index contributed by atoms with van der Waals surface area (Å²) < 4.78 is 5.05. The SMILES string of the molecule is NC(=O)c1cccc(C(O)C(O)CCNC(=O)OCc2ccccc2)c1. The molecule has 2 amide bonds. The van der Waals surface area contributed by atoms with Crippen molar-refractivity contribution >= 4 is 12.0 Å². The summed E-state index contributed by atoms with van der Waals surface area (Å²) in [5.41, 5.74) is 6.69. The van der Waals surface area contributed by atoms with Crippen LogP contribution in [0.25, 0.3) is 0 Å². The number of carbonyl (C=O) groups is 2. The lowest BCUT2D eigenvalue weighted by atomic mass is 10.00. The van der Waals surface area contributed by atoms with Crippen LogP contribution < -0.4 is 11.1 Å². The number of primary amides is 1. The van der Waals surface area contributed by atoms with Gasteiger partial charge in [0.15, 0.2) is 0 Å². The molecule has 2 atom stereocenters. The molecule has 0 saturated carbocycles. The highest BCUT2D eigenvalue weighted by Gasteiger charge is 2.19. The molecule has 7 heteroatoms. The normalized spacial score (nSPS) is 12.8. The predicted octanol–water partition coefficient (Wildman–Crippen LogP) is 1.50. The number of aliphatic hydroxyl groups is 2. The Bertz CT molecular complexity index is 736. The first-order valence-corrected chi connectivity index (χ1v) is 8.18. The van der Waals surface area contributed by atoms with E-state index in [1.165, 1.54) is 12.1 Å². The number of aliphatic hydroxyl groups excluding tert-OH is 2. The number of hydrogen-bond donors (Lipinski definition) is 4. The van der Waals surface area contributed by atoms with Gasteiger partial charge in [0.25, 0.3) is 0 Å². The van der Waals surface area contributed by atoms with Crippen molar-refractivity contribution in [1.29, 1.82) is 0 Å². The summed E-state index contributed by atoms with van der Waals surface area (Å²) in [6.45, 7) is 0.277. The van der Waals surface area contributed by atoms with Gasteiger partial charge in [0.2, 0.25) is 5.91 Å². The summed E-state index contributed by atoms with van der Waals surface area (Å²) in [6.07, 6.45) is -2.81. The number of carbonyl (C=O) groups excluding carboxylic acids is 2. The van der Waals surface area contributed by atoms with E-state index in [9.17, 15) is 19.8 Å². The van der Waals surface area contributed by atoms with Gasteiger partial charge in [-0.05, 0) is 29.7 Å². The summed E-state index contributed by atoms with van der Waals surface area (Å²) in [6, 6.07) is 15.4. The zero-order chi connectivity index (χ0) is 18.9. The average molecular weight is 358 g/mol. The van der Waals surface area contributed by atoms with Gasteiger partial charge in [-0.15, -0.1) is 0 Å². The van der Waals surface area contributed by atoms with Gasteiger partial charge in [0.05, 0.1) is 6.10 Å². The molecule has 2 rings (SSSR count). The lowest BCUT2D eigenvalue weighted by Gasteiger charge is -2.18. The Kier molecular flexibility index (Phi) is 7.13. The molecular weight excluding hydrogens is 336 g/mol. The number of rotatable bonds is 8. The van der Waals surface area contributed by atoms with Crippen LogP contribution in [0.5, 0.6) is 0 Å². The maximum Gasteiger partial charge on any atom is 0.407 e. The van der Waals surface area contributed by atoms with E-state index in [1.807, 2.05) is 30.3 Å². The minimum absolute atomic E-state index is 0.113. The van der Waals surface area contributed by atoms with Crippen LogP contribution in [0.2, 0.25) is 0 Å². The number of amides is 2. The summed E-state index contributed by atoms with van der Waals surface area (Å²) in [7, 11) is 0. The molecule has 0 aromatic heterocycles. The van der Waals surface area contributed by atoms with E-state index in [1.54, 1.807) is 12.1 Å². The second kappa shape index (κ2) is 9.55. The molecule has 138 valence electrons. The fourth-order valence-corrected chi connectivity index (χ4v) is 2.35. The van der Waals surface area contributed by atoms with Gasteiger partial charge in [-0.1, -0.05) is 42.5 Å². The molecule has 0 aliphatic rings. The van der Waals surface area contributed by atoms with Gasteiger partial charge in [-0.25, -0.2) is 4.79 Å². The van der Waals surface area contributed by atoms with Gasteiger partial charge in [-0.2, -0.15) is 0 Å². The monoisotopic (exact) mass is 358 g/mol. The van der Waals surface area contributed by atoms with Crippen LogP contribution >= 0.6 is 0 Å². The summed E-state index contributed by atoms with van der Waals surface area (Å²) in [5, 5.41) is 22.7. The quantitative estimate of drug-likeness (QED) is 0.570. The Morgan fingerprint density at radius 1 is 1.08 bits per heavy atom. The highest BCUT2D eigenvalue weighted by molar-refractivity contribution is 5.92. The summed E-state index contributed by atoms with van der Waals surface area (Å²) in [4.78, 5) is 22.8. The molecule has 0 radical (unpaired) electrons. The maximum atomic E-state index is 11.6. The Labute approximate surface area is 151 Å². The molecule has 0 aliphatic heterocycles. The zero-order valence-electron chi connectivity index (χ0n) is 14.2. The standard InChI is InChI=1S/C19H22N2O5/c20-18(24)15-8-4-7-14(11-15)17(23)16(22)9-10-21-19(25)26-12-13-5-2-1-3-6-13/h1-8,11,16-17,22-23H,9-10,12H2,(H2,20,24)(H,21,25).